The van der Waals surface area contributed by atoms with E-state index in [0.717, 1.165) is 11.1 Å². The molecule has 1 N–H and O–H groups in total. The van der Waals surface area contributed by atoms with Gasteiger partial charge in [0.1, 0.15) is 13.3 Å². The smallest absolute Gasteiger partial charge is 0.356 e. The maximum atomic E-state index is 12.1. The lowest BCUT2D eigenvalue weighted by Crippen LogP contribution is -2.15. The van der Waals surface area contributed by atoms with Gasteiger partial charge in [0, 0.05) is 0 Å². The van der Waals surface area contributed by atoms with E-state index in [4.69, 9.17) is 5.11 Å². The zero-order valence-electron chi connectivity index (χ0n) is 9.97. The van der Waals surface area contributed by atoms with Crippen molar-refractivity contribution < 1.29 is 19.1 Å². The van der Waals surface area contributed by atoms with Crippen LogP contribution in [0.25, 0.3) is 6.08 Å². The molecule has 0 aliphatic carbocycles. The van der Waals surface area contributed by atoms with Crippen molar-refractivity contribution in [2.75, 3.05) is 13.3 Å². The molecule has 0 aliphatic heterocycles. The number of nitrogens with zero attached hydrogens (tertiary/aromatic N) is 1. The van der Waals surface area contributed by atoms with E-state index in [1.807, 2.05) is 37.3 Å². The highest BCUT2D eigenvalue weighted by Gasteiger charge is 2.08. The van der Waals surface area contributed by atoms with E-state index in [0.29, 0.717) is 0 Å². The Morgan fingerprint density at radius 1 is 1.56 bits per heavy atom. The van der Waals surface area contributed by atoms with Crippen LogP contribution in [-0.4, -0.2) is 30.1 Å². The topological polar surface area (TPSA) is 58.9 Å². The predicted molar refractivity (Wildman–Crippen MR) is 67.2 cm³/mol. The Bertz CT molecular complexity index is 469. The first kappa shape index (κ1) is 13.9. The van der Waals surface area contributed by atoms with Gasteiger partial charge in [-0.05, 0) is 18.6 Å². The van der Waals surface area contributed by atoms with Gasteiger partial charge in [0.15, 0.2) is 5.71 Å². The second kappa shape index (κ2) is 7.21. The van der Waals surface area contributed by atoms with Crippen molar-refractivity contribution in [1.29, 1.82) is 0 Å². The van der Waals surface area contributed by atoms with Gasteiger partial charge < -0.3 is 9.94 Å². The van der Waals surface area contributed by atoms with Gasteiger partial charge in [-0.1, -0.05) is 41.1 Å². The molecule has 0 radical (unpaired) electrons. The highest BCUT2D eigenvalue weighted by molar-refractivity contribution is 6.36. The molecule has 1 rings (SSSR count). The summed E-state index contributed by atoms with van der Waals surface area (Å²) < 4.78 is 12.1. The first-order valence-corrected chi connectivity index (χ1v) is 5.35. The second-order valence-corrected chi connectivity index (χ2v) is 3.59. The van der Waals surface area contributed by atoms with Crippen LogP contribution >= 0.6 is 0 Å². The summed E-state index contributed by atoms with van der Waals surface area (Å²) in [5, 5.41) is 11.7. The molecule has 1 aromatic carbocycles. The molecule has 0 heterocycles. The van der Waals surface area contributed by atoms with Crippen LogP contribution in [0.1, 0.15) is 11.1 Å². The molecular formula is C13H14FNO3. The van der Waals surface area contributed by atoms with E-state index in [1.54, 1.807) is 6.08 Å². The van der Waals surface area contributed by atoms with Crippen LogP contribution in [0.15, 0.2) is 35.5 Å². The number of hydrogen-bond acceptors (Lipinski definition) is 3. The van der Waals surface area contributed by atoms with Crippen LogP contribution in [-0.2, 0) is 9.63 Å². The molecular weight excluding hydrogens is 237 g/mol. The fraction of sp³-hybridized carbons (Fsp3) is 0.231. The molecule has 96 valence electrons. The van der Waals surface area contributed by atoms with Gasteiger partial charge in [-0.3, -0.25) is 0 Å². The maximum Gasteiger partial charge on any atom is 0.356 e. The highest BCUT2D eigenvalue weighted by Crippen LogP contribution is 2.05. The summed E-state index contributed by atoms with van der Waals surface area (Å²) in [7, 11) is 0. The number of halogens is 1. The first-order valence-electron chi connectivity index (χ1n) is 5.35. The van der Waals surface area contributed by atoms with Crippen molar-refractivity contribution >= 4 is 17.8 Å². The van der Waals surface area contributed by atoms with Crippen LogP contribution in [0.2, 0.25) is 0 Å². The van der Waals surface area contributed by atoms with E-state index in [9.17, 15) is 9.18 Å². The maximum absolute atomic E-state index is 12.1. The molecule has 4 nitrogen and oxygen atoms in total. The van der Waals surface area contributed by atoms with Crippen molar-refractivity contribution in [3.05, 3.63) is 41.5 Å². The van der Waals surface area contributed by atoms with E-state index in [2.05, 4.69) is 9.99 Å². The van der Waals surface area contributed by atoms with E-state index < -0.39 is 18.4 Å². The fourth-order valence-corrected chi connectivity index (χ4v) is 1.24. The minimum atomic E-state index is -1.42. The molecule has 0 amide bonds. The number of carboxylic acids is 1. The number of aryl methyl sites for hydroxylation is 1. The number of carbonyl (C=O) groups is 1. The summed E-state index contributed by atoms with van der Waals surface area (Å²) in [5.74, 6) is -1.42. The Labute approximate surface area is 104 Å². The first-order chi connectivity index (χ1) is 8.63. The molecule has 18 heavy (non-hydrogen) atoms. The van der Waals surface area contributed by atoms with Gasteiger partial charge in [0.05, 0.1) is 0 Å². The molecule has 0 aromatic heterocycles. The molecule has 0 saturated heterocycles. The normalized spacial score (nSPS) is 11.8. The van der Waals surface area contributed by atoms with Crippen LogP contribution in [0.3, 0.4) is 0 Å². The van der Waals surface area contributed by atoms with Crippen LogP contribution in [0, 0.1) is 6.92 Å². The van der Waals surface area contributed by atoms with Crippen molar-refractivity contribution in [3.8, 4) is 0 Å². The number of oxime groups is 1. The molecule has 5 heteroatoms. The summed E-state index contributed by atoms with van der Waals surface area (Å²) in [5.41, 5.74) is 1.51. The van der Waals surface area contributed by atoms with E-state index in [-0.39, 0.29) is 6.61 Å². The number of aliphatic carboxylic acids is 1. The minimum absolute atomic E-state index is 0.0880. The second-order valence-electron chi connectivity index (χ2n) is 3.59. The van der Waals surface area contributed by atoms with Crippen molar-refractivity contribution in [2.45, 2.75) is 6.92 Å². The van der Waals surface area contributed by atoms with Crippen LogP contribution in [0.4, 0.5) is 4.39 Å². The fourth-order valence-electron chi connectivity index (χ4n) is 1.24. The Morgan fingerprint density at radius 3 is 2.94 bits per heavy atom. The quantitative estimate of drug-likeness (QED) is 0.480. The van der Waals surface area contributed by atoms with Gasteiger partial charge >= 0.3 is 5.97 Å². The number of alkyl halides is 1. The predicted octanol–water partition coefficient (Wildman–Crippen LogP) is 2.43. The Balaban J connectivity index is 2.44. The van der Waals surface area contributed by atoms with Crippen molar-refractivity contribution in [3.63, 3.8) is 0 Å². The zero-order valence-corrected chi connectivity index (χ0v) is 9.97. The average molecular weight is 251 g/mol. The lowest BCUT2D eigenvalue weighted by atomic mass is 10.1. The summed E-state index contributed by atoms with van der Waals surface area (Å²) >= 11 is 0. The molecule has 0 fully saturated rings. The molecule has 0 spiro atoms. The van der Waals surface area contributed by atoms with Gasteiger partial charge in [-0.2, -0.15) is 0 Å². The standard InChI is InChI=1S/C13H14FNO3/c1-10-4-2-5-11(8-10)6-3-7-18-15-12(9-14)13(16)17/h2-6,8H,7,9H2,1H3,(H,16,17)/b6-3+,15-12?. The zero-order chi connectivity index (χ0) is 13.4. The lowest BCUT2D eigenvalue weighted by molar-refractivity contribution is -0.129. The Hall–Kier alpha value is -2.17. The van der Waals surface area contributed by atoms with Gasteiger partial charge in [-0.25, -0.2) is 9.18 Å². The molecule has 0 aliphatic rings. The number of benzene rings is 1. The van der Waals surface area contributed by atoms with Gasteiger partial charge in [-0.15, -0.1) is 0 Å². The molecule has 0 atom stereocenters. The molecule has 0 saturated carbocycles. The van der Waals surface area contributed by atoms with Crippen LogP contribution < -0.4 is 0 Å². The van der Waals surface area contributed by atoms with Crippen molar-refractivity contribution in [1.82, 2.24) is 0 Å². The van der Waals surface area contributed by atoms with Crippen LogP contribution in [0.5, 0.6) is 0 Å². The average Bonchev–Trinajstić information content (AvgIpc) is 2.33. The lowest BCUT2D eigenvalue weighted by Gasteiger charge is -1.97. The number of hydrogen-bond donors (Lipinski definition) is 1. The summed E-state index contributed by atoms with van der Waals surface area (Å²) in [4.78, 5) is 15.1. The van der Waals surface area contributed by atoms with Crippen molar-refractivity contribution in [2.24, 2.45) is 5.16 Å². The van der Waals surface area contributed by atoms with E-state index >= 15 is 0 Å². The Kier molecular flexibility index (Phi) is 5.57. The SMILES string of the molecule is Cc1cccc(/C=C/CON=C(CF)C(=O)O)c1. The highest BCUT2D eigenvalue weighted by atomic mass is 19.1. The Morgan fingerprint density at radius 2 is 2.33 bits per heavy atom. The number of rotatable bonds is 6. The largest absolute Gasteiger partial charge is 0.477 e. The molecule has 0 bridgehead atoms. The summed E-state index contributed by atoms with van der Waals surface area (Å²) in [6, 6.07) is 7.83. The third-order valence-corrected chi connectivity index (χ3v) is 2.07. The minimum Gasteiger partial charge on any atom is -0.477 e. The summed E-state index contributed by atoms with van der Waals surface area (Å²) in [6.45, 7) is 0.917. The van der Waals surface area contributed by atoms with E-state index in [1.165, 1.54) is 0 Å². The molecule has 1 aromatic rings. The number of carboxylic acid groups (broad SMARTS) is 1. The monoisotopic (exact) mass is 251 g/mol. The van der Waals surface area contributed by atoms with Gasteiger partial charge in [0.2, 0.25) is 0 Å². The molecule has 0 unspecified atom stereocenters. The third kappa shape index (κ3) is 4.78. The third-order valence-electron chi connectivity index (χ3n) is 2.07. The van der Waals surface area contributed by atoms with Gasteiger partial charge in [0.25, 0.3) is 0 Å². The summed E-state index contributed by atoms with van der Waals surface area (Å²) in [6.07, 6.45) is 3.49.